The quantitative estimate of drug-likeness (QED) is 0.535. The van der Waals surface area contributed by atoms with Gasteiger partial charge in [-0.1, -0.05) is 0 Å². The summed E-state index contributed by atoms with van der Waals surface area (Å²) in [7, 11) is 0. The number of fused-ring (bicyclic) bond motifs is 1. The largest absolute Gasteiger partial charge is 0.399 e. The molecule has 0 unspecified atom stereocenters. The summed E-state index contributed by atoms with van der Waals surface area (Å²) in [6, 6.07) is 10.1. The highest BCUT2D eigenvalue weighted by atomic mass is 79.9. The van der Waals surface area contributed by atoms with Gasteiger partial charge in [-0.3, -0.25) is 4.79 Å². The first kappa shape index (κ1) is 13.4. The molecule has 1 heterocycles. The molecule has 0 atom stereocenters. The zero-order valence-corrected chi connectivity index (χ0v) is 12.3. The molecule has 0 aliphatic carbocycles. The van der Waals surface area contributed by atoms with Crippen LogP contribution in [0.1, 0.15) is 10.4 Å². The molecule has 0 radical (unpaired) electrons. The third-order valence-electron chi connectivity index (χ3n) is 3.01. The van der Waals surface area contributed by atoms with Crippen molar-refractivity contribution in [2.75, 3.05) is 11.1 Å². The molecule has 106 valence electrons. The Hall–Kier alpha value is -2.54. The molecule has 5 N–H and O–H groups in total. The van der Waals surface area contributed by atoms with Gasteiger partial charge in [0.15, 0.2) is 0 Å². The van der Waals surface area contributed by atoms with Crippen LogP contribution in [-0.4, -0.2) is 15.9 Å². The fourth-order valence-corrected chi connectivity index (χ4v) is 2.45. The molecule has 0 fully saturated rings. The van der Waals surface area contributed by atoms with E-state index in [-0.39, 0.29) is 11.6 Å². The lowest BCUT2D eigenvalue weighted by Gasteiger charge is -2.07. The maximum absolute atomic E-state index is 12.3. The maximum Gasteiger partial charge on any atom is 0.323 e. The van der Waals surface area contributed by atoms with Crippen LogP contribution in [0.4, 0.5) is 11.4 Å². The number of benzene rings is 2. The number of hydrogen-bond acceptors (Lipinski definition) is 3. The number of aromatic amines is 2. The monoisotopic (exact) mass is 346 g/mol. The second-order valence-corrected chi connectivity index (χ2v) is 5.39. The Morgan fingerprint density at radius 2 is 1.86 bits per heavy atom. The maximum atomic E-state index is 12.3. The van der Waals surface area contributed by atoms with Crippen molar-refractivity contribution in [2.45, 2.75) is 0 Å². The van der Waals surface area contributed by atoms with Gasteiger partial charge < -0.3 is 21.0 Å². The number of H-pyrrole nitrogens is 2. The van der Waals surface area contributed by atoms with Gasteiger partial charge >= 0.3 is 5.69 Å². The minimum Gasteiger partial charge on any atom is -0.399 e. The Morgan fingerprint density at radius 3 is 2.67 bits per heavy atom. The van der Waals surface area contributed by atoms with E-state index in [4.69, 9.17) is 5.73 Å². The zero-order chi connectivity index (χ0) is 15.0. The van der Waals surface area contributed by atoms with Gasteiger partial charge in [-0.15, -0.1) is 0 Å². The van der Waals surface area contributed by atoms with Gasteiger partial charge in [-0.05, 0) is 52.3 Å². The van der Waals surface area contributed by atoms with Crippen molar-refractivity contribution < 1.29 is 4.79 Å². The first-order valence-electron chi connectivity index (χ1n) is 6.11. The predicted octanol–water partition coefficient (Wildman–Crippen LogP) is 2.45. The van der Waals surface area contributed by atoms with Crippen LogP contribution in [0.5, 0.6) is 0 Å². The van der Waals surface area contributed by atoms with Crippen LogP contribution in [0.15, 0.2) is 45.7 Å². The number of halogens is 1. The molecule has 2 aromatic carbocycles. The van der Waals surface area contributed by atoms with Crippen LogP contribution in [0, 0.1) is 0 Å². The number of imidazole rings is 1. The van der Waals surface area contributed by atoms with Gasteiger partial charge in [0, 0.05) is 15.8 Å². The fraction of sp³-hybridized carbons (Fsp3) is 0. The average molecular weight is 347 g/mol. The van der Waals surface area contributed by atoms with E-state index < -0.39 is 0 Å². The number of rotatable bonds is 2. The first-order valence-corrected chi connectivity index (χ1v) is 6.90. The second-order valence-electron chi connectivity index (χ2n) is 4.53. The number of carbonyl (C=O) groups is 1. The van der Waals surface area contributed by atoms with Gasteiger partial charge in [0.1, 0.15) is 0 Å². The lowest BCUT2D eigenvalue weighted by Crippen LogP contribution is -2.12. The summed E-state index contributed by atoms with van der Waals surface area (Å²) in [6.45, 7) is 0. The van der Waals surface area contributed by atoms with E-state index in [0.717, 1.165) is 0 Å². The molecule has 0 aliphatic rings. The van der Waals surface area contributed by atoms with Crippen LogP contribution in [0.25, 0.3) is 11.0 Å². The summed E-state index contributed by atoms with van der Waals surface area (Å²) in [4.78, 5) is 28.7. The van der Waals surface area contributed by atoms with E-state index in [2.05, 4.69) is 31.2 Å². The molecule has 6 nitrogen and oxygen atoms in total. The van der Waals surface area contributed by atoms with E-state index in [0.29, 0.717) is 32.4 Å². The topological polar surface area (TPSA) is 104 Å². The smallest absolute Gasteiger partial charge is 0.323 e. The van der Waals surface area contributed by atoms with E-state index in [1.54, 1.807) is 36.4 Å². The van der Waals surface area contributed by atoms with Crippen molar-refractivity contribution in [2.24, 2.45) is 0 Å². The van der Waals surface area contributed by atoms with Crippen LogP contribution >= 0.6 is 15.9 Å². The Balaban J connectivity index is 1.92. The summed E-state index contributed by atoms with van der Waals surface area (Å²) in [5.41, 5.74) is 8.25. The molecule has 0 bridgehead atoms. The number of amides is 1. The normalized spacial score (nSPS) is 10.7. The van der Waals surface area contributed by atoms with E-state index in [1.807, 2.05) is 0 Å². The number of nitrogens with one attached hydrogen (secondary N) is 3. The van der Waals surface area contributed by atoms with Gasteiger partial charge in [0.05, 0.1) is 16.6 Å². The highest BCUT2D eigenvalue weighted by Crippen LogP contribution is 2.22. The fourth-order valence-electron chi connectivity index (χ4n) is 2.03. The SMILES string of the molecule is Nc1ccc(Br)c(C(=O)Nc2ccc3[nH]c(=O)[nH]c3c2)c1. The van der Waals surface area contributed by atoms with E-state index in [9.17, 15) is 9.59 Å². The first-order chi connectivity index (χ1) is 10.0. The lowest BCUT2D eigenvalue weighted by atomic mass is 10.2. The van der Waals surface area contributed by atoms with Crippen molar-refractivity contribution in [3.63, 3.8) is 0 Å². The highest BCUT2D eigenvalue weighted by Gasteiger charge is 2.11. The van der Waals surface area contributed by atoms with Gasteiger partial charge in [-0.2, -0.15) is 0 Å². The minimum absolute atomic E-state index is 0.285. The van der Waals surface area contributed by atoms with Crippen molar-refractivity contribution in [3.8, 4) is 0 Å². The molecular weight excluding hydrogens is 336 g/mol. The number of aromatic nitrogens is 2. The number of hydrogen-bond donors (Lipinski definition) is 4. The molecule has 0 saturated heterocycles. The summed E-state index contributed by atoms with van der Waals surface area (Å²) in [5.74, 6) is -0.286. The third-order valence-corrected chi connectivity index (χ3v) is 3.70. The Labute approximate surface area is 127 Å². The van der Waals surface area contributed by atoms with E-state index in [1.165, 1.54) is 0 Å². The predicted molar refractivity (Wildman–Crippen MR) is 85.4 cm³/mol. The van der Waals surface area contributed by atoms with Crippen molar-refractivity contribution >= 4 is 44.2 Å². The standard InChI is InChI=1S/C14H11BrN4O2/c15-10-3-1-7(16)5-9(10)13(20)17-8-2-4-11-12(6-8)19-14(21)18-11/h1-6H,16H2,(H,17,20)(H2,18,19,21). The molecule has 0 saturated carbocycles. The number of nitrogen functional groups attached to an aromatic ring is 1. The molecule has 1 aromatic heterocycles. The van der Waals surface area contributed by atoms with Crippen LogP contribution < -0.4 is 16.7 Å². The summed E-state index contributed by atoms with van der Waals surface area (Å²) >= 11 is 3.32. The van der Waals surface area contributed by atoms with Crippen molar-refractivity contribution in [1.82, 2.24) is 9.97 Å². The molecule has 1 amide bonds. The van der Waals surface area contributed by atoms with Gasteiger partial charge in [0.2, 0.25) is 0 Å². The van der Waals surface area contributed by atoms with Gasteiger partial charge in [0.25, 0.3) is 5.91 Å². The molecule has 21 heavy (non-hydrogen) atoms. The number of nitrogens with two attached hydrogens (primary N) is 1. The van der Waals surface area contributed by atoms with Crippen LogP contribution in [0.3, 0.4) is 0 Å². The highest BCUT2D eigenvalue weighted by molar-refractivity contribution is 9.10. The van der Waals surface area contributed by atoms with E-state index >= 15 is 0 Å². The summed E-state index contributed by atoms with van der Waals surface area (Å²) < 4.78 is 0.658. The zero-order valence-electron chi connectivity index (χ0n) is 10.7. The molecule has 0 aliphatic heterocycles. The van der Waals surface area contributed by atoms with Crippen molar-refractivity contribution in [3.05, 3.63) is 56.9 Å². The average Bonchev–Trinajstić information content (AvgIpc) is 2.80. The number of carbonyl (C=O) groups excluding carboxylic acids is 1. The Morgan fingerprint density at radius 1 is 1.10 bits per heavy atom. The molecule has 3 rings (SSSR count). The third kappa shape index (κ3) is 2.68. The molecule has 7 heteroatoms. The van der Waals surface area contributed by atoms with Crippen LogP contribution in [0.2, 0.25) is 0 Å². The minimum atomic E-state index is -0.286. The van der Waals surface area contributed by atoms with Gasteiger partial charge in [-0.25, -0.2) is 4.79 Å². The molecule has 0 spiro atoms. The number of anilines is 2. The molecular formula is C14H11BrN4O2. The summed E-state index contributed by atoms with van der Waals surface area (Å²) in [6.07, 6.45) is 0. The van der Waals surface area contributed by atoms with Crippen molar-refractivity contribution in [1.29, 1.82) is 0 Å². The molecule has 3 aromatic rings. The summed E-state index contributed by atoms with van der Waals surface area (Å²) in [5, 5.41) is 2.77. The second kappa shape index (κ2) is 5.10. The van der Waals surface area contributed by atoms with Crippen LogP contribution in [-0.2, 0) is 0 Å². The Bertz CT molecular complexity index is 897. The Kier molecular flexibility index (Phi) is 3.26. The lowest BCUT2D eigenvalue weighted by molar-refractivity contribution is 0.102.